The minimum Gasteiger partial charge on any atom is -0.325 e. The van der Waals surface area contributed by atoms with E-state index in [2.05, 4.69) is 16.0 Å². The van der Waals surface area contributed by atoms with E-state index in [4.69, 9.17) is 11.6 Å². The first-order valence-electron chi connectivity index (χ1n) is 6.81. The van der Waals surface area contributed by atoms with Gasteiger partial charge in [0.25, 0.3) is 0 Å². The Morgan fingerprint density at radius 1 is 1.09 bits per heavy atom. The zero-order chi connectivity index (χ0) is 15.7. The van der Waals surface area contributed by atoms with Gasteiger partial charge in [0.1, 0.15) is 0 Å². The van der Waals surface area contributed by atoms with Crippen LogP contribution in [-0.2, 0) is 4.79 Å². The molecule has 0 saturated carbocycles. The lowest BCUT2D eigenvalue weighted by Crippen LogP contribution is -2.19. The Bertz CT molecular complexity index is 744. The molecule has 3 amide bonds. The Labute approximate surface area is 132 Å². The molecule has 2 aromatic carbocycles. The molecule has 1 atom stereocenters. The molecule has 22 heavy (non-hydrogen) atoms. The van der Waals surface area contributed by atoms with E-state index < -0.39 is 0 Å². The van der Waals surface area contributed by atoms with Crippen LogP contribution in [0.2, 0.25) is 5.02 Å². The summed E-state index contributed by atoms with van der Waals surface area (Å²) in [6, 6.07) is 11.8. The van der Waals surface area contributed by atoms with Gasteiger partial charge in [-0.15, -0.1) is 0 Å². The number of anilines is 3. The molecule has 0 saturated heterocycles. The number of amides is 3. The second-order valence-corrected chi connectivity index (χ2v) is 5.54. The summed E-state index contributed by atoms with van der Waals surface area (Å²) in [5.41, 5.74) is 2.96. The average Bonchev–Trinajstić information content (AvgIpc) is 2.77. The van der Waals surface area contributed by atoms with Gasteiger partial charge in [-0.25, -0.2) is 4.79 Å². The van der Waals surface area contributed by atoms with Crippen LogP contribution in [0, 0.1) is 0 Å². The molecule has 3 N–H and O–H groups in total. The predicted molar refractivity (Wildman–Crippen MR) is 87.6 cm³/mol. The molecule has 0 radical (unpaired) electrons. The summed E-state index contributed by atoms with van der Waals surface area (Å²) in [4.78, 5) is 23.6. The first-order valence-corrected chi connectivity index (χ1v) is 7.19. The molecule has 1 unspecified atom stereocenters. The third-order valence-electron chi connectivity index (χ3n) is 3.53. The van der Waals surface area contributed by atoms with Gasteiger partial charge in [-0.1, -0.05) is 11.6 Å². The molecule has 0 spiro atoms. The number of nitrogens with one attached hydrogen (secondary N) is 3. The van der Waals surface area contributed by atoms with E-state index in [1.807, 2.05) is 6.92 Å². The molecular formula is C16H14ClN3O2. The van der Waals surface area contributed by atoms with Gasteiger partial charge in [0.05, 0.1) is 5.92 Å². The fourth-order valence-electron chi connectivity index (χ4n) is 2.32. The van der Waals surface area contributed by atoms with Gasteiger partial charge >= 0.3 is 6.03 Å². The smallest absolute Gasteiger partial charge is 0.323 e. The van der Waals surface area contributed by atoms with Crippen molar-refractivity contribution in [3.05, 3.63) is 53.1 Å². The maximum absolute atomic E-state index is 12.0. The zero-order valence-electron chi connectivity index (χ0n) is 11.8. The standard InChI is InChI=1S/C16H14ClN3O2/c1-9-13-8-12(6-7-14(13)20-15(9)21)19-16(22)18-11-4-2-10(17)3-5-11/h2-9H,1H3,(H,20,21)(H2,18,19,22). The summed E-state index contributed by atoms with van der Waals surface area (Å²) in [7, 11) is 0. The van der Waals surface area contributed by atoms with Crippen molar-refractivity contribution in [2.24, 2.45) is 0 Å². The monoisotopic (exact) mass is 315 g/mol. The second kappa shape index (κ2) is 5.69. The normalized spacial score (nSPS) is 15.9. The van der Waals surface area contributed by atoms with E-state index >= 15 is 0 Å². The van der Waals surface area contributed by atoms with Crippen molar-refractivity contribution >= 4 is 40.6 Å². The number of carbonyl (C=O) groups excluding carboxylic acids is 2. The van der Waals surface area contributed by atoms with Gasteiger partial charge in [-0.2, -0.15) is 0 Å². The molecule has 0 fully saturated rings. The van der Waals surface area contributed by atoms with E-state index in [1.165, 1.54) is 0 Å². The first kappa shape index (κ1) is 14.4. The van der Waals surface area contributed by atoms with E-state index in [-0.39, 0.29) is 17.9 Å². The van der Waals surface area contributed by atoms with Crippen molar-refractivity contribution in [3.63, 3.8) is 0 Å². The van der Waals surface area contributed by atoms with Gasteiger partial charge in [-0.3, -0.25) is 4.79 Å². The zero-order valence-corrected chi connectivity index (χ0v) is 12.6. The SMILES string of the molecule is CC1C(=O)Nc2ccc(NC(=O)Nc3ccc(Cl)cc3)cc21. The van der Waals surface area contributed by atoms with Crippen LogP contribution >= 0.6 is 11.6 Å². The Hall–Kier alpha value is -2.53. The number of halogens is 1. The molecule has 112 valence electrons. The van der Waals surface area contributed by atoms with Crippen molar-refractivity contribution in [3.8, 4) is 0 Å². The molecule has 5 nitrogen and oxygen atoms in total. The van der Waals surface area contributed by atoms with Gasteiger partial charge in [0.2, 0.25) is 5.91 Å². The Balaban J connectivity index is 1.70. The van der Waals surface area contributed by atoms with Gasteiger partial charge in [0.15, 0.2) is 0 Å². The number of hydrogen-bond acceptors (Lipinski definition) is 2. The highest BCUT2D eigenvalue weighted by molar-refractivity contribution is 6.30. The van der Waals surface area contributed by atoms with Gasteiger partial charge in [0, 0.05) is 22.1 Å². The summed E-state index contributed by atoms with van der Waals surface area (Å²) < 4.78 is 0. The van der Waals surface area contributed by atoms with Crippen molar-refractivity contribution < 1.29 is 9.59 Å². The maximum Gasteiger partial charge on any atom is 0.323 e. The van der Waals surface area contributed by atoms with Crippen LogP contribution in [0.4, 0.5) is 21.9 Å². The molecule has 3 rings (SSSR count). The third-order valence-corrected chi connectivity index (χ3v) is 3.78. The van der Waals surface area contributed by atoms with Crippen LogP contribution in [0.5, 0.6) is 0 Å². The van der Waals surface area contributed by atoms with Crippen LogP contribution in [0.3, 0.4) is 0 Å². The molecule has 0 bridgehead atoms. The number of fused-ring (bicyclic) bond motifs is 1. The van der Waals surface area contributed by atoms with Gasteiger partial charge < -0.3 is 16.0 Å². The minimum atomic E-state index is -0.354. The maximum atomic E-state index is 12.0. The molecule has 0 aliphatic carbocycles. The van der Waals surface area contributed by atoms with E-state index in [0.717, 1.165) is 11.3 Å². The lowest BCUT2D eigenvalue weighted by Gasteiger charge is -2.09. The topological polar surface area (TPSA) is 70.2 Å². The average molecular weight is 316 g/mol. The van der Waals surface area contributed by atoms with Crippen LogP contribution < -0.4 is 16.0 Å². The number of hydrogen-bond donors (Lipinski definition) is 3. The highest BCUT2D eigenvalue weighted by Crippen LogP contribution is 2.34. The lowest BCUT2D eigenvalue weighted by atomic mass is 10.0. The second-order valence-electron chi connectivity index (χ2n) is 5.10. The molecule has 1 aliphatic rings. The predicted octanol–water partition coefficient (Wildman–Crippen LogP) is 4.04. The van der Waals surface area contributed by atoms with E-state index in [0.29, 0.717) is 16.4 Å². The summed E-state index contributed by atoms with van der Waals surface area (Å²) in [6.45, 7) is 1.83. The van der Waals surface area contributed by atoms with Crippen LogP contribution in [0.25, 0.3) is 0 Å². The van der Waals surface area contributed by atoms with Crippen molar-refractivity contribution in [2.45, 2.75) is 12.8 Å². The van der Waals surface area contributed by atoms with Crippen LogP contribution in [0.15, 0.2) is 42.5 Å². The first-order chi connectivity index (χ1) is 10.5. The number of rotatable bonds is 2. The molecule has 1 heterocycles. The Morgan fingerprint density at radius 2 is 1.73 bits per heavy atom. The quantitative estimate of drug-likeness (QED) is 0.782. The molecular weight excluding hydrogens is 302 g/mol. The van der Waals surface area contributed by atoms with Crippen LogP contribution in [-0.4, -0.2) is 11.9 Å². The summed E-state index contributed by atoms with van der Waals surface area (Å²) in [6.07, 6.45) is 0. The van der Waals surface area contributed by atoms with Crippen molar-refractivity contribution in [1.82, 2.24) is 0 Å². The third kappa shape index (κ3) is 2.89. The summed E-state index contributed by atoms with van der Waals surface area (Å²) in [5, 5.41) is 8.86. The molecule has 1 aliphatic heterocycles. The summed E-state index contributed by atoms with van der Waals surface area (Å²) in [5.74, 6) is -0.242. The van der Waals surface area contributed by atoms with E-state index in [1.54, 1.807) is 42.5 Å². The highest BCUT2D eigenvalue weighted by atomic mass is 35.5. The molecule has 2 aromatic rings. The Kier molecular flexibility index (Phi) is 3.73. The molecule has 6 heteroatoms. The fourth-order valence-corrected chi connectivity index (χ4v) is 2.45. The van der Waals surface area contributed by atoms with E-state index in [9.17, 15) is 9.59 Å². The number of benzene rings is 2. The van der Waals surface area contributed by atoms with Crippen LogP contribution in [0.1, 0.15) is 18.4 Å². The largest absolute Gasteiger partial charge is 0.325 e. The fraction of sp³-hybridized carbons (Fsp3) is 0.125. The highest BCUT2D eigenvalue weighted by Gasteiger charge is 2.26. The minimum absolute atomic E-state index is 0.0298. The van der Waals surface area contributed by atoms with Crippen molar-refractivity contribution in [1.29, 1.82) is 0 Å². The Morgan fingerprint density at radius 3 is 2.45 bits per heavy atom. The summed E-state index contributed by atoms with van der Waals surface area (Å²) >= 11 is 5.80. The number of carbonyl (C=O) groups is 2. The lowest BCUT2D eigenvalue weighted by molar-refractivity contribution is -0.116. The van der Waals surface area contributed by atoms with Gasteiger partial charge in [-0.05, 0) is 55.0 Å². The number of urea groups is 1. The van der Waals surface area contributed by atoms with Crippen molar-refractivity contribution in [2.75, 3.05) is 16.0 Å². The molecule has 0 aromatic heterocycles.